The van der Waals surface area contributed by atoms with Crippen LogP contribution in [-0.2, 0) is 0 Å². The molecule has 0 saturated heterocycles. The lowest BCUT2D eigenvalue weighted by Gasteiger charge is -2.06. The van der Waals surface area contributed by atoms with E-state index in [1.807, 2.05) is 55.4 Å². The molecule has 0 nitrogen and oxygen atoms in total. The monoisotopic (exact) mass is 262 g/mol. The lowest BCUT2D eigenvalue weighted by atomic mass is 10.0. The molecule has 0 bridgehead atoms. The van der Waals surface area contributed by atoms with E-state index < -0.39 is 0 Å². The Balaban J connectivity index is -0.000000285. The van der Waals surface area contributed by atoms with Gasteiger partial charge in [0.05, 0.1) is 5.02 Å². The predicted octanol–water partition coefficient (Wildman–Crippen LogP) is 6.48. The second-order valence-electron chi connectivity index (χ2n) is 2.74. The van der Waals surface area contributed by atoms with Crippen LogP contribution in [0.4, 0.5) is 4.39 Å². The molecule has 0 aliphatic rings. The van der Waals surface area contributed by atoms with Crippen LogP contribution in [0.5, 0.6) is 0 Å². The fourth-order valence-electron chi connectivity index (χ4n) is 1.00. The highest BCUT2D eigenvalue weighted by Gasteiger charge is 2.07. The molecule has 0 saturated carbocycles. The van der Waals surface area contributed by atoms with E-state index in [-0.39, 0.29) is 10.8 Å². The number of hydrogen-bond acceptors (Lipinski definition) is 0. The fourth-order valence-corrected chi connectivity index (χ4v) is 1.31. The molecule has 0 aliphatic heterocycles. The Labute approximate surface area is 112 Å². The van der Waals surface area contributed by atoms with Crippen LogP contribution < -0.4 is 0 Å². The molecule has 0 radical (unpaired) electrons. The summed E-state index contributed by atoms with van der Waals surface area (Å²) in [6.45, 7) is 17.6. The van der Waals surface area contributed by atoms with Crippen LogP contribution in [0.2, 0.25) is 5.02 Å². The molecule has 0 heterocycles. The van der Waals surface area contributed by atoms with Crippen molar-refractivity contribution in [2.75, 3.05) is 0 Å². The first-order valence-corrected chi connectivity index (χ1v) is 6.83. The van der Waals surface area contributed by atoms with E-state index in [1.54, 1.807) is 13.0 Å². The highest BCUT2D eigenvalue weighted by Crippen LogP contribution is 2.23. The highest BCUT2D eigenvalue weighted by atomic mass is 35.5. The number of aryl methyl sites for hydroxylation is 1. The van der Waals surface area contributed by atoms with Gasteiger partial charge in [-0.05, 0) is 43.5 Å². The van der Waals surface area contributed by atoms with Crippen molar-refractivity contribution >= 4 is 11.6 Å². The standard InChI is InChI=1S/C9H10ClF.3C2H6/c1-5-4-8(10)9(11)7(3)6(5)2;3*1-2/h4H,1-3H3;3*1-2H3. The van der Waals surface area contributed by atoms with Gasteiger partial charge in [-0.1, -0.05) is 53.1 Å². The number of hydrogen-bond donors (Lipinski definition) is 0. The van der Waals surface area contributed by atoms with Crippen LogP contribution in [0.3, 0.4) is 0 Å². The van der Waals surface area contributed by atoms with Gasteiger partial charge in [0.1, 0.15) is 5.82 Å². The number of rotatable bonds is 0. The molecular formula is C15H28ClF. The number of benzene rings is 1. The van der Waals surface area contributed by atoms with Crippen molar-refractivity contribution in [3.05, 3.63) is 33.6 Å². The quantitative estimate of drug-likeness (QED) is 0.502. The van der Waals surface area contributed by atoms with Gasteiger partial charge in [-0.25, -0.2) is 4.39 Å². The molecule has 0 atom stereocenters. The second-order valence-corrected chi connectivity index (χ2v) is 3.15. The van der Waals surface area contributed by atoms with E-state index in [1.165, 1.54) is 0 Å². The van der Waals surface area contributed by atoms with E-state index in [9.17, 15) is 4.39 Å². The van der Waals surface area contributed by atoms with Gasteiger partial charge in [-0.15, -0.1) is 0 Å². The Morgan fingerprint density at radius 2 is 1.18 bits per heavy atom. The summed E-state index contributed by atoms with van der Waals surface area (Å²) in [5.41, 5.74) is 2.66. The van der Waals surface area contributed by atoms with Gasteiger partial charge in [0, 0.05) is 0 Å². The van der Waals surface area contributed by atoms with Gasteiger partial charge >= 0.3 is 0 Å². The Morgan fingerprint density at radius 1 is 0.824 bits per heavy atom. The molecule has 0 unspecified atom stereocenters. The van der Waals surface area contributed by atoms with Gasteiger partial charge in [-0.2, -0.15) is 0 Å². The highest BCUT2D eigenvalue weighted by molar-refractivity contribution is 6.30. The first-order valence-electron chi connectivity index (χ1n) is 6.46. The third kappa shape index (κ3) is 7.38. The van der Waals surface area contributed by atoms with Crippen LogP contribution >= 0.6 is 11.6 Å². The maximum absolute atomic E-state index is 13.0. The normalized spacial score (nSPS) is 7.71. The molecule has 2 heteroatoms. The van der Waals surface area contributed by atoms with Gasteiger partial charge in [-0.3, -0.25) is 0 Å². The third-order valence-corrected chi connectivity index (χ3v) is 2.31. The summed E-state index contributed by atoms with van der Waals surface area (Å²) in [4.78, 5) is 0. The van der Waals surface area contributed by atoms with Gasteiger partial charge in [0.15, 0.2) is 0 Å². The first-order chi connectivity index (χ1) is 8.04. The minimum absolute atomic E-state index is 0.214. The summed E-state index contributed by atoms with van der Waals surface area (Å²) in [6.07, 6.45) is 0. The topological polar surface area (TPSA) is 0 Å². The van der Waals surface area contributed by atoms with Crippen molar-refractivity contribution in [2.45, 2.75) is 62.3 Å². The maximum atomic E-state index is 13.0. The molecule has 1 rings (SSSR count). The minimum atomic E-state index is -0.297. The van der Waals surface area contributed by atoms with Crippen molar-refractivity contribution in [3.63, 3.8) is 0 Å². The average molecular weight is 263 g/mol. The molecule has 0 spiro atoms. The van der Waals surface area contributed by atoms with Crippen molar-refractivity contribution < 1.29 is 4.39 Å². The van der Waals surface area contributed by atoms with Crippen molar-refractivity contribution in [2.24, 2.45) is 0 Å². The van der Waals surface area contributed by atoms with Crippen LogP contribution in [-0.4, -0.2) is 0 Å². The molecule has 0 fully saturated rings. The van der Waals surface area contributed by atoms with Crippen molar-refractivity contribution in [3.8, 4) is 0 Å². The van der Waals surface area contributed by atoms with Crippen LogP contribution in [0.1, 0.15) is 58.2 Å². The van der Waals surface area contributed by atoms with Gasteiger partial charge in [0.2, 0.25) is 0 Å². The smallest absolute Gasteiger partial charge is 0.144 e. The zero-order chi connectivity index (χ0) is 14.6. The van der Waals surface area contributed by atoms with E-state index >= 15 is 0 Å². The third-order valence-electron chi connectivity index (χ3n) is 2.04. The predicted molar refractivity (Wildman–Crippen MR) is 79.7 cm³/mol. The van der Waals surface area contributed by atoms with Gasteiger partial charge in [0.25, 0.3) is 0 Å². The lowest BCUT2D eigenvalue weighted by molar-refractivity contribution is 0.616. The Bertz CT molecular complexity index is 267. The summed E-state index contributed by atoms with van der Waals surface area (Å²) in [7, 11) is 0. The number of halogens is 2. The second kappa shape index (κ2) is 13.5. The molecule has 0 N–H and O–H groups in total. The van der Waals surface area contributed by atoms with Crippen molar-refractivity contribution in [1.29, 1.82) is 0 Å². The maximum Gasteiger partial charge on any atom is 0.144 e. The summed E-state index contributed by atoms with van der Waals surface area (Å²) in [5, 5.41) is 0.214. The van der Waals surface area contributed by atoms with Crippen LogP contribution in [0, 0.1) is 26.6 Å². The zero-order valence-corrected chi connectivity index (χ0v) is 13.6. The zero-order valence-electron chi connectivity index (χ0n) is 12.8. The van der Waals surface area contributed by atoms with E-state index in [2.05, 4.69) is 0 Å². The van der Waals surface area contributed by atoms with E-state index in [0.717, 1.165) is 11.1 Å². The summed E-state index contributed by atoms with van der Waals surface area (Å²) >= 11 is 5.62. The Kier molecular flexibility index (Phi) is 17.2. The molecule has 0 aromatic heterocycles. The molecule has 17 heavy (non-hydrogen) atoms. The Morgan fingerprint density at radius 3 is 1.53 bits per heavy atom. The lowest BCUT2D eigenvalue weighted by Crippen LogP contribution is -1.91. The minimum Gasteiger partial charge on any atom is -0.205 e. The van der Waals surface area contributed by atoms with Crippen LogP contribution in [0.25, 0.3) is 0 Å². The fraction of sp³-hybridized carbons (Fsp3) is 0.600. The molecule has 102 valence electrons. The molecule has 1 aromatic rings. The Hall–Kier alpha value is -0.560. The van der Waals surface area contributed by atoms with Crippen molar-refractivity contribution in [1.82, 2.24) is 0 Å². The molecule has 0 amide bonds. The van der Waals surface area contributed by atoms with Crippen LogP contribution in [0.15, 0.2) is 6.07 Å². The molecule has 0 aliphatic carbocycles. The first kappa shape index (κ1) is 21.7. The SMILES string of the molecule is CC.CC.CC.Cc1cc(Cl)c(F)c(C)c1C. The molecular weight excluding hydrogens is 235 g/mol. The van der Waals surface area contributed by atoms with Gasteiger partial charge < -0.3 is 0 Å². The summed E-state index contributed by atoms with van der Waals surface area (Å²) in [5.74, 6) is -0.297. The molecule has 1 aromatic carbocycles. The largest absolute Gasteiger partial charge is 0.205 e. The van der Waals surface area contributed by atoms with E-state index in [4.69, 9.17) is 11.6 Å². The van der Waals surface area contributed by atoms with E-state index in [0.29, 0.717) is 5.56 Å². The average Bonchev–Trinajstić information content (AvgIpc) is 2.41. The summed E-state index contributed by atoms with van der Waals surface area (Å²) in [6, 6.07) is 1.65. The summed E-state index contributed by atoms with van der Waals surface area (Å²) < 4.78 is 13.0.